The highest BCUT2D eigenvalue weighted by Gasteiger charge is 2.11. The number of hydrogen-bond donors (Lipinski definition) is 1. The Balaban J connectivity index is 2.30. The number of rotatable bonds is 5. The first-order chi connectivity index (χ1) is 9.91. The molecule has 0 aromatic heterocycles. The fourth-order valence-electron chi connectivity index (χ4n) is 1.89. The average molecular weight is 325 g/mol. The number of hydrogen-bond acceptors (Lipinski definition) is 4. The second kappa shape index (κ2) is 6.60. The second-order valence-electron chi connectivity index (χ2n) is 4.61. The molecule has 112 valence electrons. The Kier molecular flexibility index (Phi) is 5.03. The van der Waals surface area contributed by atoms with Crippen LogP contribution in [0.2, 0.25) is 0 Å². The van der Waals surface area contributed by atoms with Gasteiger partial charge in [-0.25, -0.2) is 12.8 Å². The molecule has 2 aromatic carbocycles. The molecular weight excluding hydrogens is 309 g/mol. The third-order valence-corrected chi connectivity index (χ3v) is 5.23. The van der Waals surface area contributed by atoms with Crippen molar-refractivity contribution in [2.45, 2.75) is 21.1 Å². The monoisotopic (exact) mass is 325 g/mol. The van der Waals surface area contributed by atoms with Gasteiger partial charge in [-0.05, 0) is 48.9 Å². The number of nitrogens with two attached hydrogens (primary N) is 1. The molecule has 0 bridgehead atoms. The predicted octanol–water partition coefficient (Wildman–Crippen LogP) is 2.88. The molecule has 2 aromatic rings. The number of sulfone groups is 1. The van der Waals surface area contributed by atoms with Gasteiger partial charge in [-0.3, -0.25) is 0 Å². The number of halogens is 1. The Morgan fingerprint density at radius 3 is 2.38 bits per heavy atom. The van der Waals surface area contributed by atoms with Crippen LogP contribution in [0.4, 0.5) is 4.39 Å². The largest absolute Gasteiger partial charge is 0.330 e. The quantitative estimate of drug-likeness (QED) is 0.918. The second-order valence-corrected chi connectivity index (χ2v) is 7.71. The molecule has 0 saturated carbocycles. The molecule has 2 N–H and O–H groups in total. The van der Waals surface area contributed by atoms with Crippen LogP contribution in [0.25, 0.3) is 0 Å². The van der Waals surface area contributed by atoms with E-state index in [0.29, 0.717) is 17.9 Å². The summed E-state index contributed by atoms with van der Waals surface area (Å²) >= 11 is 1.27. The molecule has 0 amide bonds. The summed E-state index contributed by atoms with van der Waals surface area (Å²) in [7, 11) is -3.22. The first-order valence-corrected chi connectivity index (χ1v) is 9.08. The molecule has 0 aliphatic heterocycles. The van der Waals surface area contributed by atoms with E-state index >= 15 is 0 Å². The predicted molar refractivity (Wildman–Crippen MR) is 82.8 cm³/mol. The zero-order chi connectivity index (χ0) is 15.5. The fraction of sp³-hybridized carbons (Fsp3) is 0.200. The van der Waals surface area contributed by atoms with Gasteiger partial charge in [0.05, 0.1) is 9.79 Å². The standard InChI is InChI=1S/C15H16FNO2S2/c1-21(18,19)13-7-5-12(6-8-13)20-15-11(9-10-17)3-2-4-14(15)16/h2-8H,9-10,17H2,1H3. The Labute approximate surface area is 128 Å². The van der Waals surface area contributed by atoms with Gasteiger partial charge in [0.15, 0.2) is 9.84 Å². The summed E-state index contributed by atoms with van der Waals surface area (Å²) in [6, 6.07) is 11.3. The van der Waals surface area contributed by atoms with Crippen molar-refractivity contribution in [2.75, 3.05) is 12.8 Å². The summed E-state index contributed by atoms with van der Waals surface area (Å²) in [6.07, 6.45) is 1.76. The molecule has 21 heavy (non-hydrogen) atoms. The van der Waals surface area contributed by atoms with Gasteiger partial charge in [0.2, 0.25) is 0 Å². The van der Waals surface area contributed by atoms with Crippen LogP contribution in [0.15, 0.2) is 57.2 Å². The van der Waals surface area contributed by atoms with Crippen LogP contribution in [-0.2, 0) is 16.3 Å². The average Bonchev–Trinajstić information content (AvgIpc) is 2.42. The Morgan fingerprint density at radius 1 is 1.14 bits per heavy atom. The van der Waals surface area contributed by atoms with Gasteiger partial charge < -0.3 is 5.73 Å². The van der Waals surface area contributed by atoms with Crippen molar-refractivity contribution in [3.8, 4) is 0 Å². The molecule has 6 heteroatoms. The zero-order valence-electron chi connectivity index (χ0n) is 11.5. The normalized spacial score (nSPS) is 11.6. The lowest BCUT2D eigenvalue weighted by Gasteiger charge is -2.10. The number of benzene rings is 2. The topological polar surface area (TPSA) is 60.2 Å². The Morgan fingerprint density at radius 2 is 1.81 bits per heavy atom. The molecule has 0 unspecified atom stereocenters. The Bertz CT molecular complexity index is 728. The molecule has 0 fully saturated rings. The summed E-state index contributed by atoms with van der Waals surface area (Å²) in [4.78, 5) is 1.57. The maximum atomic E-state index is 14.0. The SMILES string of the molecule is CS(=O)(=O)c1ccc(Sc2c(F)cccc2CCN)cc1. The highest BCUT2D eigenvalue weighted by Crippen LogP contribution is 2.33. The van der Waals surface area contributed by atoms with Crippen molar-refractivity contribution in [3.05, 3.63) is 53.8 Å². The van der Waals surface area contributed by atoms with Gasteiger partial charge in [0.25, 0.3) is 0 Å². The molecule has 0 radical (unpaired) electrons. The minimum atomic E-state index is -3.22. The lowest BCUT2D eigenvalue weighted by molar-refractivity contribution is 0.596. The van der Waals surface area contributed by atoms with Gasteiger partial charge >= 0.3 is 0 Å². The molecule has 0 saturated heterocycles. The summed E-state index contributed by atoms with van der Waals surface area (Å²) in [6.45, 7) is 0.448. The maximum absolute atomic E-state index is 14.0. The fourth-order valence-corrected chi connectivity index (χ4v) is 3.50. The minimum absolute atomic E-state index is 0.252. The third-order valence-electron chi connectivity index (χ3n) is 2.93. The van der Waals surface area contributed by atoms with Crippen LogP contribution in [0, 0.1) is 5.82 Å². The van der Waals surface area contributed by atoms with Crippen molar-refractivity contribution >= 4 is 21.6 Å². The summed E-state index contributed by atoms with van der Waals surface area (Å²) in [5.41, 5.74) is 6.40. The maximum Gasteiger partial charge on any atom is 0.175 e. The highest BCUT2D eigenvalue weighted by atomic mass is 32.2. The van der Waals surface area contributed by atoms with Gasteiger partial charge in [-0.15, -0.1) is 0 Å². The van der Waals surface area contributed by atoms with Gasteiger partial charge in [0, 0.05) is 11.2 Å². The van der Waals surface area contributed by atoms with E-state index in [4.69, 9.17) is 5.73 Å². The molecule has 3 nitrogen and oxygen atoms in total. The smallest absolute Gasteiger partial charge is 0.175 e. The van der Waals surface area contributed by atoms with E-state index in [-0.39, 0.29) is 10.7 Å². The van der Waals surface area contributed by atoms with Gasteiger partial charge in [0.1, 0.15) is 5.82 Å². The van der Waals surface area contributed by atoms with Crippen LogP contribution >= 0.6 is 11.8 Å². The molecule has 0 heterocycles. The highest BCUT2D eigenvalue weighted by molar-refractivity contribution is 7.99. The summed E-state index contributed by atoms with van der Waals surface area (Å²) in [5.74, 6) is -0.293. The van der Waals surface area contributed by atoms with Crippen molar-refractivity contribution in [1.29, 1.82) is 0 Å². The van der Waals surface area contributed by atoms with E-state index in [1.54, 1.807) is 18.2 Å². The molecule has 0 spiro atoms. The van der Waals surface area contributed by atoms with Crippen molar-refractivity contribution < 1.29 is 12.8 Å². The van der Waals surface area contributed by atoms with E-state index in [1.165, 1.54) is 30.0 Å². The molecule has 0 aliphatic carbocycles. The van der Waals surface area contributed by atoms with Gasteiger partial charge in [-0.1, -0.05) is 23.9 Å². The van der Waals surface area contributed by atoms with Crippen LogP contribution in [0.3, 0.4) is 0 Å². The first kappa shape index (κ1) is 16.0. The lowest BCUT2D eigenvalue weighted by atomic mass is 10.1. The molecular formula is C15H16FNO2S2. The van der Waals surface area contributed by atoms with Gasteiger partial charge in [-0.2, -0.15) is 0 Å². The van der Waals surface area contributed by atoms with Crippen LogP contribution < -0.4 is 5.73 Å². The minimum Gasteiger partial charge on any atom is -0.330 e. The third kappa shape index (κ3) is 4.06. The Hall–Kier alpha value is -1.37. The summed E-state index contributed by atoms with van der Waals surface area (Å²) < 4.78 is 36.8. The van der Waals surface area contributed by atoms with E-state index in [2.05, 4.69) is 0 Å². The zero-order valence-corrected chi connectivity index (χ0v) is 13.2. The lowest BCUT2D eigenvalue weighted by Crippen LogP contribution is -2.04. The molecule has 0 atom stereocenters. The molecule has 0 aliphatic rings. The van der Waals surface area contributed by atoms with E-state index in [1.807, 2.05) is 6.07 Å². The molecule has 2 rings (SSSR count). The van der Waals surface area contributed by atoms with E-state index in [0.717, 1.165) is 16.7 Å². The summed E-state index contributed by atoms with van der Waals surface area (Å²) in [5, 5.41) is 0. The van der Waals surface area contributed by atoms with Crippen molar-refractivity contribution in [1.82, 2.24) is 0 Å². The van der Waals surface area contributed by atoms with Crippen LogP contribution in [0.1, 0.15) is 5.56 Å². The van der Waals surface area contributed by atoms with Crippen LogP contribution in [-0.4, -0.2) is 21.2 Å². The van der Waals surface area contributed by atoms with Crippen molar-refractivity contribution in [2.24, 2.45) is 5.73 Å². The first-order valence-electron chi connectivity index (χ1n) is 6.37. The van der Waals surface area contributed by atoms with Crippen molar-refractivity contribution in [3.63, 3.8) is 0 Å². The van der Waals surface area contributed by atoms with E-state index in [9.17, 15) is 12.8 Å². The van der Waals surface area contributed by atoms with E-state index < -0.39 is 9.84 Å². The van der Waals surface area contributed by atoms with Crippen LogP contribution in [0.5, 0.6) is 0 Å².